The summed E-state index contributed by atoms with van der Waals surface area (Å²) >= 11 is 0. The smallest absolute Gasteiger partial charge is 0.294 e. The van der Waals surface area contributed by atoms with Crippen LogP contribution in [0.4, 0.5) is 17.6 Å². The molecule has 0 bridgehead atoms. The van der Waals surface area contributed by atoms with Crippen molar-refractivity contribution in [2.45, 2.75) is 45.5 Å². The summed E-state index contributed by atoms with van der Waals surface area (Å²) in [5.41, 5.74) is 0.757. The molecule has 0 fully saturated rings. The first-order valence-corrected chi connectivity index (χ1v) is 8.17. The van der Waals surface area contributed by atoms with Gasteiger partial charge >= 0.3 is 6.18 Å². The first-order chi connectivity index (χ1) is 11.8. The molecule has 3 nitrogen and oxygen atoms in total. The van der Waals surface area contributed by atoms with E-state index in [1.165, 1.54) is 12.1 Å². The standard InChI is InChI=1S/C18H19F4N3/c1-11(2)17-23-8-13-10-25(7-6-15(13)24-17)9-12-4-3-5-14(16(12)19)18(20,21)22/h3-5,8,11H,6-7,9-10H2,1-2H3. The highest BCUT2D eigenvalue weighted by Gasteiger charge is 2.35. The van der Waals surface area contributed by atoms with Crippen molar-refractivity contribution >= 4 is 0 Å². The molecule has 0 saturated carbocycles. The number of aromatic nitrogens is 2. The Balaban J connectivity index is 1.78. The van der Waals surface area contributed by atoms with Gasteiger partial charge in [0.05, 0.1) is 5.56 Å². The molecule has 1 aromatic heterocycles. The topological polar surface area (TPSA) is 29.0 Å². The number of fused-ring (bicyclic) bond motifs is 1. The molecule has 0 amide bonds. The summed E-state index contributed by atoms with van der Waals surface area (Å²) in [5, 5.41) is 0. The van der Waals surface area contributed by atoms with E-state index in [2.05, 4.69) is 9.97 Å². The summed E-state index contributed by atoms with van der Waals surface area (Å²) in [6, 6.07) is 3.42. The fourth-order valence-electron chi connectivity index (χ4n) is 2.96. The Hall–Kier alpha value is -2.02. The van der Waals surface area contributed by atoms with E-state index < -0.39 is 17.6 Å². The first kappa shape index (κ1) is 17.8. The van der Waals surface area contributed by atoms with E-state index in [1.807, 2.05) is 18.7 Å². The van der Waals surface area contributed by atoms with Crippen LogP contribution in [0.5, 0.6) is 0 Å². The molecule has 3 rings (SSSR count). The summed E-state index contributed by atoms with van der Waals surface area (Å²) in [6.45, 7) is 5.29. The summed E-state index contributed by atoms with van der Waals surface area (Å²) < 4.78 is 52.7. The van der Waals surface area contributed by atoms with Crippen LogP contribution in [-0.4, -0.2) is 21.4 Å². The van der Waals surface area contributed by atoms with Gasteiger partial charge in [0.15, 0.2) is 0 Å². The molecule has 0 spiro atoms. The fraction of sp³-hybridized carbons (Fsp3) is 0.444. The largest absolute Gasteiger partial charge is 0.419 e. The van der Waals surface area contributed by atoms with Crippen LogP contribution in [0.25, 0.3) is 0 Å². The van der Waals surface area contributed by atoms with E-state index in [0.717, 1.165) is 23.1 Å². The maximum atomic E-state index is 14.2. The lowest BCUT2D eigenvalue weighted by Gasteiger charge is -2.28. The van der Waals surface area contributed by atoms with Gasteiger partial charge in [-0.05, 0) is 6.07 Å². The monoisotopic (exact) mass is 353 g/mol. The quantitative estimate of drug-likeness (QED) is 0.770. The van der Waals surface area contributed by atoms with Crippen molar-refractivity contribution in [3.8, 4) is 0 Å². The molecule has 134 valence electrons. The number of hydrogen-bond acceptors (Lipinski definition) is 3. The van der Waals surface area contributed by atoms with Crippen LogP contribution in [0.3, 0.4) is 0 Å². The van der Waals surface area contributed by atoms with Crippen molar-refractivity contribution in [1.29, 1.82) is 0 Å². The summed E-state index contributed by atoms with van der Waals surface area (Å²) in [4.78, 5) is 10.8. The van der Waals surface area contributed by atoms with Crippen LogP contribution in [0.2, 0.25) is 0 Å². The van der Waals surface area contributed by atoms with Gasteiger partial charge in [-0.3, -0.25) is 4.90 Å². The molecule has 0 unspecified atom stereocenters. The van der Waals surface area contributed by atoms with Crippen molar-refractivity contribution < 1.29 is 17.6 Å². The minimum absolute atomic E-state index is 0.0537. The zero-order valence-corrected chi connectivity index (χ0v) is 14.1. The van der Waals surface area contributed by atoms with E-state index >= 15 is 0 Å². The normalized spacial score (nSPS) is 15.5. The maximum absolute atomic E-state index is 14.2. The van der Waals surface area contributed by atoms with E-state index in [-0.39, 0.29) is 18.0 Å². The highest BCUT2D eigenvalue weighted by molar-refractivity contribution is 5.29. The Morgan fingerprint density at radius 3 is 2.68 bits per heavy atom. The van der Waals surface area contributed by atoms with Gasteiger partial charge in [-0.1, -0.05) is 26.0 Å². The van der Waals surface area contributed by atoms with E-state index in [0.29, 0.717) is 19.5 Å². The number of halogens is 4. The second-order valence-electron chi connectivity index (χ2n) is 6.59. The molecule has 0 saturated heterocycles. The molecule has 2 aromatic rings. The molecule has 7 heteroatoms. The van der Waals surface area contributed by atoms with Crippen LogP contribution in [-0.2, 0) is 25.7 Å². The van der Waals surface area contributed by atoms with Gasteiger partial charge in [0, 0.05) is 55.0 Å². The zero-order chi connectivity index (χ0) is 18.2. The SMILES string of the molecule is CC(C)c1ncc2c(n1)CCN(Cc1cccc(C(F)(F)F)c1F)C2. The predicted octanol–water partition coefficient (Wildman–Crippen LogP) is 4.32. The van der Waals surface area contributed by atoms with Crippen molar-refractivity contribution in [1.82, 2.24) is 14.9 Å². The minimum Gasteiger partial charge on any atom is -0.294 e. The summed E-state index contributed by atoms with van der Waals surface area (Å²) in [7, 11) is 0. The van der Waals surface area contributed by atoms with Gasteiger partial charge in [-0.2, -0.15) is 13.2 Å². The van der Waals surface area contributed by atoms with Crippen LogP contribution in [0, 0.1) is 5.82 Å². The number of benzene rings is 1. The second kappa shape index (κ2) is 6.71. The highest BCUT2D eigenvalue weighted by atomic mass is 19.4. The van der Waals surface area contributed by atoms with E-state index in [9.17, 15) is 17.6 Å². The Kier molecular flexibility index (Phi) is 4.77. The summed E-state index contributed by atoms with van der Waals surface area (Å²) in [5.74, 6) is -0.161. The molecule has 1 aliphatic rings. The number of hydrogen-bond donors (Lipinski definition) is 0. The average Bonchev–Trinajstić information content (AvgIpc) is 2.55. The van der Waals surface area contributed by atoms with Crippen molar-refractivity contribution in [3.63, 3.8) is 0 Å². The van der Waals surface area contributed by atoms with Crippen LogP contribution in [0.15, 0.2) is 24.4 Å². The Morgan fingerprint density at radius 1 is 1.24 bits per heavy atom. The van der Waals surface area contributed by atoms with Gasteiger partial charge in [-0.15, -0.1) is 0 Å². The highest BCUT2D eigenvalue weighted by Crippen LogP contribution is 2.33. The van der Waals surface area contributed by atoms with Gasteiger partial charge in [0.1, 0.15) is 11.6 Å². The fourth-order valence-corrected chi connectivity index (χ4v) is 2.96. The Bertz CT molecular complexity index is 771. The molecule has 1 aromatic carbocycles. The predicted molar refractivity (Wildman–Crippen MR) is 85.3 cm³/mol. The third-order valence-electron chi connectivity index (χ3n) is 4.33. The van der Waals surface area contributed by atoms with Crippen LogP contribution in [0.1, 0.15) is 48.0 Å². The Morgan fingerprint density at radius 2 is 2.00 bits per heavy atom. The van der Waals surface area contributed by atoms with Crippen LogP contribution >= 0.6 is 0 Å². The van der Waals surface area contributed by atoms with Gasteiger partial charge < -0.3 is 0 Å². The molecular weight excluding hydrogens is 334 g/mol. The lowest BCUT2D eigenvalue weighted by Crippen LogP contribution is -2.31. The Labute approximate surface area is 143 Å². The lowest BCUT2D eigenvalue weighted by atomic mass is 10.0. The number of alkyl halides is 3. The number of rotatable bonds is 3. The minimum atomic E-state index is -4.68. The van der Waals surface area contributed by atoms with E-state index in [4.69, 9.17) is 0 Å². The molecule has 0 aliphatic carbocycles. The van der Waals surface area contributed by atoms with Gasteiger partial charge in [-0.25, -0.2) is 14.4 Å². The van der Waals surface area contributed by atoms with Gasteiger partial charge in [0.25, 0.3) is 0 Å². The molecule has 1 aliphatic heterocycles. The van der Waals surface area contributed by atoms with Crippen molar-refractivity contribution in [3.05, 3.63) is 58.4 Å². The molecule has 0 atom stereocenters. The molecule has 25 heavy (non-hydrogen) atoms. The second-order valence-corrected chi connectivity index (χ2v) is 6.59. The molecule has 0 N–H and O–H groups in total. The van der Waals surface area contributed by atoms with Crippen molar-refractivity contribution in [2.24, 2.45) is 0 Å². The average molecular weight is 353 g/mol. The van der Waals surface area contributed by atoms with Crippen LogP contribution < -0.4 is 0 Å². The molecule has 0 radical (unpaired) electrons. The van der Waals surface area contributed by atoms with E-state index in [1.54, 1.807) is 6.20 Å². The lowest BCUT2D eigenvalue weighted by molar-refractivity contribution is -0.140. The van der Waals surface area contributed by atoms with Crippen molar-refractivity contribution in [2.75, 3.05) is 6.54 Å². The summed E-state index contributed by atoms with van der Waals surface area (Å²) in [6.07, 6.45) is -2.24. The maximum Gasteiger partial charge on any atom is 0.419 e. The third kappa shape index (κ3) is 3.81. The first-order valence-electron chi connectivity index (χ1n) is 8.17. The molecule has 2 heterocycles. The molecular formula is C18H19F4N3. The number of nitrogens with zero attached hydrogens (tertiary/aromatic N) is 3. The van der Waals surface area contributed by atoms with Gasteiger partial charge in [0.2, 0.25) is 0 Å². The third-order valence-corrected chi connectivity index (χ3v) is 4.33. The zero-order valence-electron chi connectivity index (χ0n) is 14.1.